The second-order valence-electron chi connectivity index (χ2n) is 8.86. The maximum Gasteiger partial charge on any atom is 0.242 e. The van der Waals surface area contributed by atoms with Crippen LogP contribution in [0.25, 0.3) is 0 Å². The third-order valence-corrected chi connectivity index (χ3v) is 6.86. The van der Waals surface area contributed by atoms with Crippen LogP contribution in [0.3, 0.4) is 0 Å². The predicted molar refractivity (Wildman–Crippen MR) is 144 cm³/mol. The van der Waals surface area contributed by atoms with Crippen LogP contribution in [0.1, 0.15) is 46.1 Å². The Kier molecular flexibility index (Phi) is 11.0. The van der Waals surface area contributed by atoms with Gasteiger partial charge in [-0.3, -0.25) is 13.9 Å². The van der Waals surface area contributed by atoms with Crippen molar-refractivity contribution in [2.24, 2.45) is 0 Å². The Labute approximate surface area is 219 Å². The van der Waals surface area contributed by atoms with Crippen LogP contribution >= 0.6 is 11.6 Å². The summed E-state index contributed by atoms with van der Waals surface area (Å²) in [6, 6.07) is 13.1. The molecule has 2 amide bonds. The molecule has 1 N–H and O–H groups in total. The van der Waals surface area contributed by atoms with Crippen molar-refractivity contribution in [3.8, 4) is 5.75 Å². The zero-order chi connectivity index (χ0) is 26.9. The minimum atomic E-state index is -3.57. The second kappa shape index (κ2) is 13.5. The number of hydrogen-bond acceptors (Lipinski definition) is 5. The maximum absolute atomic E-state index is 13.3. The highest BCUT2D eigenvalue weighted by atomic mass is 35.5. The SMILES string of the molecule is CCOc1ccc(N(CCCC(=O)N(Cc2cccc(Cl)c2)C(C)C(=O)NC(C)C)S(C)(=O)=O)cc1. The lowest BCUT2D eigenvalue weighted by Gasteiger charge is -2.30. The van der Waals surface area contributed by atoms with Gasteiger partial charge in [-0.25, -0.2) is 8.42 Å². The smallest absolute Gasteiger partial charge is 0.242 e. The fraction of sp³-hybridized carbons (Fsp3) is 0.462. The molecule has 2 aromatic carbocycles. The van der Waals surface area contributed by atoms with Crippen LogP contribution in [-0.2, 0) is 26.2 Å². The molecule has 0 aliphatic heterocycles. The van der Waals surface area contributed by atoms with Gasteiger partial charge < -0.3 is 15.0 Å². The molecular formula is C26H36ClN3O5S. The summed E-state index contributed by atoms with van der Waals surface area (Å²) in [5.74, 6) is 0.143. The summed E-state index contributed by atoms with van der Waals surface area (Å²) < 4.78 is 31.6. The highest BCUT2D eigenvalue weighted by Gasteiger charge is 2.27. The Hall–Kier alpha value is -2.78. The van der Waals surface area contributed by atoms with Crippen LogP contribution < -0.4 is 14.4 Å². The Morgan fingerprint density at radius 1 is 1.08 bits per heavy atom. The second-order valence-corrected chi connectivity index (χ2v) is 11.2. The molecular weight excluding hydrogens is 502 g/mol. The molecule has 36 heavy (non-hydrogen) atoms. The average molecular weight is 538 g/mol. The van der Waals surface area contributed by atoms with E-state index in [0.717, 1.165) is 11.8 Å². The van der Waals surface area contributed by atoms with Crippen molar-refractivity contribution in [1.29, 1.82) is 0 Å². The topological polar surface area (TPSA) is 96.0 Å². The molecule has 0 heterocycles. The summed E-state index contributed by atoms with van der Waals surface area (Å²) >= 11 is 6.11. The number of halogens is 1. The molecule has 1 atom stereocenters. The third kappa shape index (κ3) is 9.02. The first-order valence-electron chi connectivity index (χ1n) is 12.0. The molecule has 10 heteroatoms. The van der Waals surface area contributed by atoms with E-state index in [1.54, 1.807) is 49.4 Å². The lowest BCUT2D eigenvalue weighted by Crippen LogP contribution is -2.49. The monoisotopic (exact) mass is 537 g/mol. The lowest BCUT2D eigenvalue weighted by atomic mass is 10.1. The molecule has 0 radical (unpaired) electrons. The van der Waals surface area contributed by atoms with Crippen molar-refractivity contribution in [2.75, 3.05) is 23.7 Å². The van der Waals surface area contributed by atoms with Crippen molar-refractivity contribution in [2.45, 2.75) is 59.2 Å². The van der Waals surface area contributed by atoms with Gasteiger partial charge in [0.2, 0.25) is 21.8 Å². The van der Waals surface area contributed by atoms with Gasteiger partial charge in [-0.05, 0) is 76.1 Å². The van der Waals surface area contributed by atoms with Gasteiger partial charge in [-0.15, -0.1) is 0 Å². The molecule has 2 aromatic rings. The van der Waals surface area contributed by atoms with Gasteiger partial charge in [0.05, 0.1) is 18.6 Å². The zero-order valence-electron chi connectivity index (χ0n) is 21.5. The average Bonchev–Trinajstić information content (AvgIpc) is 2.79. The predicted octanol–water partition coefficient (Wildman–Crippen LogP) is 4.23. The highest BCUT2D eigenvalue weighted by Crippen LogP contribution is 2.23. The van der Waals surface area contributed by atoms with Gasteiger partial charge in [-0.2, -0.15) is 0 Å². The molecule has 0 saturated heterocycles. The number of benzene rings is 2. The van der Waals surface area contributed by atoms with Crippen molar-refractivity contribution in [1.82, 2.24) is 10.2 Å². The van der Waals surface area contributed by atoms with Crippen LogP contribution in [0, 0.1) is 0 Å². The first kappa shape index (κ1) is 29.5. The van der Waals surface area contributed by atoms with Crippen LogP contribution in [-0.4, -0.2) is 56.6 Å². The number of nitrogens with one attached hydrogen (secondary N) is 1. The summed E-state index contributed by atoms with van der Waals surface area (Å²) in [5, 5.41) is 3.39. The van der Waals surface area contributed by atoms with Gasteiger partial charge in [-0.1, -0.05) is 23.7 Å². The van der Waals surface area contributed by atoms with E-state index in [0.29, 0.717) is 23.1 Å². The first-order chi connectivity index (χ1) is 16.9. The summed E-state index contributed by atoms with van der Waals surface area (Å²) in [5.41, 5.74) is 1.29. The van der Waals surface area contributed by atoms with E-state index in [2.05, 4.69) is 5.32 Å². The molecule has 0 saturated carbocycles. The minimum Gasteiger partial charge on any atom is -0.494 e. The van der Waals surface area contributed by atoms with E-state index in [1.807, 2.05) is 26.8 Å². The van der Waals surface area contributed by atoms with Crippen LogP contribution in [0.5, 0.6) is 5.75 Å². The van der Waals surface area contributed by atoms with E-state index in [9.17, 15) is 18.0 Å². The molecule has 0 aromatic heterocycles. The van der Waals surface area contributed by atoms with E-state index in [-0.39, 0.29) is 43.8 Å². The summed E-state index contributed by atoms with van der Waals surface area (Å²) in [6.45, 7) is 8.11. The molecule has 0 spiro atoms. The van der Waals surface area contributed by atoms with Gasteiger partial charge in [0.25, 0.3) is 0 Å². The Bertz CT molecular complexity index is 1120. The number of anilines is 1. The summed E-state index contributed by atoms with van der Waals surface area (Å²) in [4.78, 5) is 27.5. The fourth-order valence-electron chi connectivity index (χ4n) is 3.70. The quantitative estimate of drug-likeness (QED) is 0.412. The number of ether oxygens (including phenoxy) is 1. The molecule has 198 valence electrons. The van der Waals surface area contributed by atoms with E-state index < -0.39 is 16.1 Å². The van der Waals surface area contributed by atoms with Gasteiger partial charge in [0.15, 0.2) is 0 Å². The number of rotatable bonds is 13. The molecule has 1 unspecified atom stereocenters. The van der Waals surface area contributed by atoms with Crippen molar-refractivity contribution < 1.29 is 22.7 Å². The van der Waals surface area contributed by atoms with E-state index in [1.165, 1.54) is 9.21 Å². The third-order valence-electron chi connectivity index (χ3n) is 5.43. The number of amides is 2. The molecule has 0 aliphatic carbocycles. The van der Waals surface area contributed by atoms with Crippen LogP contribution in [0.15, 0.2) is 48.5 Å². The van der Waals surface area contributed by atoms with Crippen molar-refractivity contribution in [3.63, 3.8) is 0 Å². The number of carbonyl (C=O) groups excluding carboxylic acids is 2. The Morgan fingerprint density at radius 2 is 1.75 bits per heavy atom. The normalized spacial score (nSPS) is 12.2. The lowest BCUT2D eigenvalue weighted by molar-refractivity contribution is -0.140. The molecule has 0 aliphatic rings. The molecule has 0 bridgehead atoms. The van der Waals surface area contributed by atoms with E-state index >= 15 is 0 Å². The van der Waals surface area contributed by atoms with Crippen LogP contribution in [0.4, 0.5) is 5.69 Å². The Balaban J connectivity index is 2.15. The fourth-order valence-corrected chi connectivity index (χ4v) is 4.88. The van der Waals surface area contributed by atoms with Crippen LogP contribution in [0.2, 0.25) is 5.02 Å². The Morgan fingerprint density at radius 3 is 2.31 bits per heavy atom. The largest absolute Gasteiger partial charge is 0.494 e. The number of hydrogen-bond donors (Lipinski definition) is 1. The number of carbonyl (C=O) groups is 2. The summed E-state index contributed by atoms with van der Waals surface area (Å²) in [7, 11) is -3.57. The highest BCUT2D eigenvalue weighted by molar-refractivity contribution is 7.92. The number of sulfonamides is 1. The van der Waals surface area contributed by atoms with Gasteiger partial charge in [0, 0.05) is 30.6 Å². The minimum absolute atomic E-state index is 0.0690. The van der Waals surface area contributed by atoms with Gasteiger partial charge >= 0.3 is 0 Å². The molecule has 2 rings (SSSR count). The van der Waals surface area contributed by atoms with Crippen molar-refractivity contribution in [3.05, 3.63) is 59.1 Å². The first-order valence-corrected chi connectivity index (χ1v) is 14.2. The van der Waals surface area contributed by atoms with Gasteiger partial charge in [0.1, 0.15) is 11.8 Å². The molecule has 0 fully saturated rings. The van der Waals surface area contributed by atoms with Crippen molar-refractivity contribution >= 4 is 39.1 Å². The zero-order valence-corrected chi connectivity index (χ0v) is 23.1. The maximum atomic E-state index is 13.3. The molecule has 8 nitrogen and oxygen atoms in total. The number of nitrogens with zero attached hydrogens (tertiary/aromatic N) is 2. The van der Waals surface area contributed by atoms with E-state index in [4.69, 9.17) is 16.3 Å². The summed E-state index contributed by atoms with van der Waals surface area (Å²) in [6.07, 6.45) is 1.49. The standard InChI is InChI=1S/C26H36ClN3O5S/c1-6-35-24-14-12-23(13-15-24)30(36(5,33)34)16-8-11-25(31)29(20(4)26(32)28-19(2)3)18-21-9-7-10-22(27)17-21/h7,9-10,12-15,17,19-20H,6,8,11,16,18H2,1-5H3,(H,28,32).